The van der Waals surface area contributed by atoms with Crippen molar-refractivity contribution < 1.29 is 44.3 Å². The topological polar surface area (TPSA) is 57.2 Å². The van der Waals surface area contributed by atoms with E-state index in [1.165, 1.54) is 0 Å². The average Bonchev–Trinajstić information content (AvgIpc) is 1.83. The van der Waals surface area contributed by atoms with Crippen LogP contribution in [-0.4, -0.2) is 16.8 Å². The van der Waals surface area contributed by atoms with Gasteiger partial charge < -0.3 is 9.90 Å². The van der Waals surface area contributed by atoms with Crippen molar-refractivity contribution in [1.29, 1.82) is 0 Å². The van der Waals surface area contributed by atoms with E-state index in [0.717, 1.165) is 6.08 Å². The van der Waals surface area contributed by atoms with E-state index in [2.05, 4.69) is 6.58 Å². The largest absolute Gasteiger partial charge is 1.00 e. The van der Waals surface area contributed by atoms with Gasteiger partial charge in [-0.05, 0) is 6.08 Å². The second-order valence-corrected chi connectivity index (χ2v) is 2.16. The second kappa shape index (κ2) is 7.34. The van der Waals surface area contributed by atoms with Crippen LogP contribution in [0.2, 0.25) is 0 Å². The van der Waals surface area contributed by atoms with E-state index in [1.807, 2.05) is 0 Å². The van der Waals surface area contributed by atoms with Gasteiger partial charge in [-0.15, -0.1) is 0 Å². The summed E-state index contributed by atoms with van der Waals surface area (Å²) >= 11 is 0.666. The van der Waals surface area contributed by atoms with Crippen LogP contribution in [0.1, 0.15) is 0 Å². The molecule has 0 aromatic carbocycles. The van der Waals surface area contributed by atoms with Crippen molar-refractivity contribution >= 4 is 22.8 Å². The molecule has 0 aliphatic heterocycles. The van der Waals surface area contributed by atoms with Crippen LogP contribution in [0.15, 0.2) is 12.7 Å². The molecular weight excluding hydrogens is 163 g/mol. The van der Waals surface area contributed by atoms with Crippen molar-refractivity contribution in [2.75, 3.05) is 5.75 Å². The van der Waals surface area contributed by atoms with E-state index in [0.29, 0.717) is 11.8 Å². The molecule has 3 nitrogen and oxygen atoms in total. The first-order valence-corrected chi connectivity index (χ1v) is 3.14. The molecule has 0 N–H and O–H groups in total. The first-order valence-electron chi connectivity index (χ1n) is 2.16. The quantitative estimate of drug-likeness (QED) is 0.320. The molecule has 0 rings (SSSR count). The zero-order chi connectivity index (χ0) is 7.28. The minimum atomic E-state index is -1.24. The Morgan fingerprint density at radius 2 is 2.10 bits per heavy atom. The SMILES string of the molecule is C=CC(=O)SCC(=O)[O-].[Na+]. The van der Waals surface area contributed by atoms with Gasteiger partial charge in [0.05, 0.1) is 5.97 Å². The number of carboxylic acids is 1. The van der Waals surface area contributed by atoms with E-state index >= 15 is 0 Å². The third kappa shape index (κ3) is 8.23. The Bertz CT molecular complexity index is 146. The number of hydrogen-bond donors (Lipinski definition) is 0. The Labute approximate surface area is 85.2 Å². The summed E-state index contributed by atoms with van der Waals surface area (Å²) in [6, 6.07) is 0. The number of hydrogen-bond acceptors (Lipinski definition) is 4. The van der Waals surface area contributed by atoms with Gasteiger partial charge in [0.15, 0.2) is 0 Å². The third-order valence-corrected chi connectivity index (χ3v) is 1.33. The molecule has 0 aromatic heterocycles. The van der Waals surface area contributed by atoms with Crippen LogP contribution in [0, 0.1) is 0 Å². The van der Waals surface area contributed by atoms with Crippen molar-refractivity contribution in [1.82, 2.24) is 0 Å². The van der Waals surface area contributed by atoms with E-state index in [9.17, 15) is 14.7 Å². The first-order chi connectivity index (χ1) is 4.16. The summed E-state index contributed by atoms with van der Waals surface area (Å²) in [6.07, 6.45) is 1.06. The summed E-state index contributed by atoms with van der Waals surface area (Å²) in [6.45, 7) is 3.15. The average molecular weight is 168 g/mol. The fourth-order valence-electron chi connectivity index (χ4n) is 0.189. The van der Waals surface area contributed by atoms with E-state index in [4.69, 9.17) is 0 Å². The van der Waals surface area contributed by atoms with Gasteiger partial charge in [-0.3, -0.25) is 4.79 Å². The number of carboxylic acid groups (broad SMARTS) is 1. The minimum absolute atomic E-state index is 0. The molecule has 0 heterocycles. The molecule has 0 aliphatic rings. The Balaban J connectivity index is 0. The van der Waals surface area contributed by atoms with Crippen molar-refractivity contribution in [2.45, 2.75) is 0 Å². The van der Waals surface area contributed by atoms with Crippen LogP contribution in [0.5, 0.6) is 0 Å². The van der Waals surface area contributed by atoms with Crippen LogP contribution < -0.4 is 34.7 Å². The monoisotopic (exact) mass is 168 g/mol. The van der Waals surface area contributed by atoms with Crippen LogP contribution in [-0.2, 0) is 9.59 Å². The Kier molecular flexibility index (Phi) is 9.44. The maximum atomic E-state index is 10.3. The summed E-state index contributed by atoms with van der Waals surface area (Å²) < 4.78 is 0. The zero-order valence-electron chi connectivity index (χ0n) is 5.62. The molecule has 0 fully saturated rings. The van der Waals surface area contributed by atoms with Crippen molar-refractivity contribution in [3.63, 3.8) is 0 Å². The molecule has 0 aromatic rings. The molecular formula is C5H5NaO3S. The van der Waals surface area contributed by atoms with Crippen molar-refractivity contribution in [2.24, 2.45) is 0 Å². The standard InChI is InChI=1S/C5H6O3S.Na/c1-2-5(8)9-3-4(6)7;/h2H,1,3H2,(H,6,7);/q;+1/p-1. The molecule has 0 saturated heterocycles. The van der Waals surface area contributed by atoms with Crippen LogP contribution in [0.25, 0.3) is 0 Å². The number of thioether (sulfide) groups is 1. The van der Waals surface area contributed by atoms with Gasteiger partial charge in [-0.2, -0.15) is 0 Å². The Morgan fingerprint density at radius 1 is 1.60 bits per heavy atom. The molecule has 0 saturated carbocycles. The van der Waals surface area contributed by atoms with Crippen LogP contribution >= 0.6 is 11.8 Å². The molecule has 0 aliphatic carbocycles. The van der Waals surface area contributed by atoms with Gasteiger partial charge in [0.1, 0.15) is 0 Å². The maximum Gasteiger partial charge on any atom is 1.00 e. The summed E-state index contributed by atoms with van der Waals surface area (Å²) in [5, 5.41) is 9.35. The fourth-order valence-corrected chi connectivity index (χ4v) is 0.567. The normalized spacial score (nSPS) is 7.60. The van der Waals surface area contributed by atoms with Crippen LogP contribution in [0.4, 0.5) is 0 Å². The molecule has 50 valence electrons. The molecule has 0 amide bonds. The van der Waals surface area contributed by atoms with Gasteiger partial charge in [0.25, 0.3) is 0 Å². The minimum Gasteiger partial charge on any atom is -0.549 e. The van der Waals surface area contributed by atoms with Crippen molar-refractivity contribution in [3.05, 3.63) is 12.7 Å². The van der Waals surface area contributed by atoms with Gasteiger partial charge in [0, 0.05) is 5.75 Å². The van der Waals surface area contributed by atoms with Gasteiger partial charge >= 0.3 is 29.6 Å². The van der Waals surface area contributed by atoms with Gasteiger partial charge in [0.2, 0.25) is 5.12 Å². The van der Waals surface area contributed by atoms with Crippen LogP contribution in [0.3, 0.4) is 0 Å². The van der Waals surface area contributed by atoms with E-state index in [-0.39, 0.29) is 40.4 Å². The summed E-state index contributed by atoms with van der Waals surface area (Å²) in [5.74, 6) is -1.54. The molecule has 0 atom stereocenters. The number of carbonyl (C=O) groups is 2. The smallest absolute Gasteiger partial charge is 0.549 e. The number of carbonyl (C=O) groups excluding carboxylic acids is 2. The van der Waals surface area contributed by atoms with Gasteiger partial charge in [-0.25, -0.2) is 0 Å². The molecule has 0 radical (unpaired) electrons. The first kappa shape index (κ1) is 12.9. The van der Waals surface area contributed by atoms with E-state index < -0.39 is 5.97 Å². The molecule has 0 unspecified atom stereocenters. The molecule has 0 spiro atoms. The second-order valence-electron chi connectivity index (χ2n) is 1.18. The summed E-state index contributed by atoms with van der Waals surface area (Å²) in [7, 11) is 0. The fraction of sp³-hybridized carbons (Fsp3) is 0.200. The predicted molar refractivity (Wildman–Crippen MR) is 32.7 cm³/mol. The summed E-state index contributed by atoms with van der Waals surface area (Å²) in [4.78, 5) is 20.0. The molecule has 0 bridgehead atoms. The van der Waals surface area contributed by atoms with E-state index in [1.54, 1.807) is 0 Å². The van der Waals surface area contributed by atoms with Gasteiger partial charge in [-0.1, -0.05) is 18.3 Å². The Hall–Kier alpha value is 0.230. The molecule has 5 heteroatoms. The predicted octanol–water partition coefficient (Wildman–Crippen LogP) is -3.81. The Morgan fingerprint density at radius 3 is 2.40 bits per heavy atom. The molecule has 10 heavy (non-hydrogen) atoms. The number of aliphatic carboxylic acids is 1. The maximum absolute atomic E-state index is 10.3. The summed E-state index contributed by atoms with van der Waals surface area (Å²) in [5.41, 5.74) is 0. The zero-order valence-corrected chi connectivity index (χ0v) is 8.44. The van der Waals surface area contributed by atoms with Crippen molar-refractivity contribution in [3.8, 4) is 0 Å². The third-order valence-electron chi connectivity index (χ3n) is 0.499. The number of rotatable bonds is 3.